The number of terminal acetylenes is 1. The van der Waals surface area contributed by atoms with Gasteiger partial charge in [-0.2, -0.15) is 0 Å². The summed E-state index contributed by atoms with van der Waals surface area (Å²) in [5.41, 5.74) is 2.18. The molecule has 0 nitrogen and oxygen atoms in total. The summed E-state index contributed by atoms with van der Waals surface area (Å²) in [6, 6.07) is 8.10. The van der Waals surface area contributed by atoms with Gasteiger partial charge in [-0.05, 0) is 30.5 Å². The smallest absolute Gasteiger partial charge is 0.0243 e. The van der Waals surface area contributed by atoms with Gasteiger partial charge in [-0.3, -0.25) is 0 Å². The fourth-order valence-electron chi connectivity index (χ4n) is 1.60. The highest BCUT2D eigenvalue weighted by Crippen LogP contribution is 2.08. The minimum atomic E-state index is 0.945. The Bertz CT molecular complexity index is 349. The van der Waals surface area contributed by atoms with Gasteiger partial charge in [0.15, 0.2) is 0 Å². The minimum Gasteiger partial charge on any atom is -0.115 e. The lowest BCUT2D eigenvalue weighted by Crippen LogP contribution is -1.76. The number of unbranched alkanes of at least 4 members (excludes halogenated alkanes) is 4. The highest BCUT2D eigenvalue weighted by molar-refractivity contribution is 5.51. The summed E-state index contributed by atoms with van der Waals surface area (Å²) in [5, 5.41) is 0. The predicted molar refractivity (Wildman–Crippen MR) is 72.2 cm³/mol. The van der Waals surface area contributed by atoms with Crippen LogP contribution in [0.4, 0.5) is 0 Å². The molecule has 1 rings (SSSR count). The third-order valence-electron chi connectivity index (χ3n) is 2.61. The van der Waals surface area contributed by atoms with Gasteiger partial charge in [0.25, 0.3) is 0 Å². The Hall–Kier alpha value is -1.48. The highest BCUT2D eigenvalue weighted by Gasteiger charge is 1.88. The molecule has 0 saturated carbocycles. The molecule has 0 amide bonds. The normalized spacial score (nSPS) is 10.5. The molecule has 84 valence electrons. The van der Waals surface area contributed by atoms with E-state index in [0.717, 1.165) is 5.56 Å². The molecular weight excluding hydrogens is 192 g/mol. The second-order valence-corrected chi connectivity index (χ2v) is 4.02. The molecule has 0 saturated heterocycles. The van der Waals surface area contributed by atoms with E-state index >= 15 is 0 Å². The molecule has 1 aromatic rings. The maximum absolute atomic E-state index is 5.30. The number of allylic oxidation sites excluding steroid dienone is 1. The average molecular weight is 212 g/mol. The van der Waals surface area contributed by atoms with Gasteiger partial charge < -0.3 is 0 Å². The van der Waals surface area contributed by atoms with Crippen LogP contribution in [0.15, 0.2) is 30.3 Å². The van der Waals surface area contributed by atoms with Crippen LogP contribution in [-0.2, 0) is 0 Å². The number of benzene rings is 1. The van der Waals surface area contributed by atoms with Crippen molar-refractivity contribution < 1.29 is 0 Å². The Labute approximate surface area is 99.4 Å². The summed E-state index contributed by atoms with van der Waals surface area (Å²) in [5.74, 6) is 2.62. The first-order valence-corrected chi connectivity index (χ1v) is 6.10. The third-order valence-corrected chi connectivity index (χ3v) is 2.61. The van der Waals surface area contributed by atoms with Crippen molar-refractivity contribution in [1.82, 2.24) is 0 Å². The zero-order valence-electron chi connectivity index (χ0n) is 10.1. The van der Waals surface area contributed by atoms with Crippen LogP contribution in [0, 0.1) is 12.3 Å². The molecule has 0 aromatic heterocycles. The Morgan fingerprint density at radius 3 is 2.50 bits per heavy atom. The summed E-state index contributed by atoms with van der Waals surface area (Å²) in [4.78, 5) is 0. The maximum Gasteiger partial charge on any atom is 0.0243 e. The Morgan fingerprint density at radius 1 is 1.12 bits per heavy atom. The van der Waals surface area contributed by atoms with Crippen LogP contribution in [-0.4, -0.2) is 0 Å². The molecule has 1 aromatic carbocycles. The number of rotatable bonds is 6. The van der Waals surface area contributed by atoms with Crippen molar-refractivity contribution in [3.8, 4) is 12.3 Å². The van der Waals surface area contributed by atoms with E-state index in [0.29, 0.717) is 0 Å². The van der Waals surface area contributed by atoms with E-state index in [1.165, 1.54) is 37.7 Å². The Balaban J connectivity index is 2.30. The monoisotopic (exact) mass is 212 g/mol. The molecular formula is C16H20. The predicted octanol–water partition coefficient (Wildman–Crippen LogP) is 4.65. The van der Waals surface area contributed by atoms with E-state index in [-0.39, 0.29) is 0 Å². The molecule has 0 unspecified atom stereocenters. The van der Waals surface area contributed by atoms with Crippen LogP contribution in [0.5, 0.6) is 0 Å². The molecule has 0 radical (unpaired) electrons. The van der Waals surface area contributed by atoms with Crippen molar-refractivity contribution in [3.63, 3.8) is 0 Å². The molecule has 0 spiro atoms. The molecule has 0 aliphatic carbocycles. The molecule has 16 heavy (non-hydrogen) atoms. The van der Waals surface area contributed by atoms with Crippen molar-refractivity contribution in [2.45, 2.75) is 39.0 Å². The average Bonchev–Trinajstić information content (AvgIpc) is 2.34. The second-order valence-electron chi connectivity index (χ2n) is 4.02. The van der Waals surface area contributed by atoms with Crippen molar-refractivity contribution in [3.05, 3.63) is 41.5 Å². The van der Waals surface area contributed by atoms with E-state index in [9.17, 15) is 0 Å². The van der Waals surface area contributed by atoms with Crippen LogP contribution in [0.1, 0.15) is 50.2 Å². The molecule has 0 aliphatic heterocycles. The minimum absolute atomic E-state index is 0.945. The summed E-state index contributed by atoms with van der Waals surface area (Å²) in [6.45, 7) is 2.24. The maximum atomic E-state index is 5.30. The molecule has 0 aliphatic rings. The van der Waals surface area contributed by atoms with Gasteiger partial charge >= 0.3 is 0 Å². The Kier molecular flexibility index (Phi) is 6.11. The van der Waals surface area contributed by atoms with Gasteiger partial charge in [0.05, 0.1) is 0 Å². The van der Waals surface area contributed by atoms with Crippen molar-refractivity contribution in [2.24, 2.45) is 0 Å². The highest BCUT2D eigenvalue weighted by atomic mass is 13.9. The third kappa shape index (κ3) is 4.84. The fourth-order valence-corrected chi connectivity index (χ4v) is 1.60. The van der Waals surface area contributed by atoms with Crippen LogP contribution in [0.2, 0.25) is 0 Å². The topological polar surface area (TPSA) is 0 Å². The standard InChI is InChI=1S/C16H20/c1-3-5-6-7-8-9-10-16-13-11-15(4-2)12-14-16/h2,9-14H,3,5-8H2,1H3. The van der Waals surface area contributed by atoms with E-state index in [2.05, 4.69) is 37.1 Å². The van der Waals surface area contributed by atoms with Crippen LogP contribution in [0.25, 0.3) is 6.08 Å². The van der Waals surface area contributed by atoms with Crippen LogP contribution < -0.4 is 0 Å². The lowest BCUT2D eigenvalue weighted by molar-refractivity contribution is 0.675. The fraction of sp³-hybridized carbons (Fsp3) is 0.375. The van der Waals surface area contributed by atoms with Crippen molar-refractivity contribution in [1.29, 1.82) is 0 Å². The van der Waals surface area contributed by atoms with Crippen LogP contribution >= 0.6 is 0 Å². The summed E-state index contributed by atoms with van der Waals surface area (Å²) >= 11 is 0. The van der Waals surface area contributed by atoms with E-state index in [1.54, 1.807) is 0 Å². The lowest BCUT2D eigenvalue weighted by atomic mass is 10.1. The molecule has 0 bridgehead atoms. The van der Waals surface area contributed by atoms with Gasteiger partial charge in [-0.15, -0.1) is 6.42 Å². The van der Waals surface area contributed by atoms with Gasteiger partial charge in [0.2, 0.25) is 0 Å². The largest absolute Gasteiger partial charge is 0.115 e. The van der Waals surface area contributed by atoms with E-state index in [1.807, 2.05) is 12.1 Å². The quantitative estimate of drug-likeness (QED) is 0.475. The summed E-state index contributed by atoms with van der Waals surface area (Å²) < 4.78 is 0. The van der Waals surface area contributed by atoms with Crippen LogP contribution in [0.3, 0.4) is 0 Å². The zero-order chi connectivity index (χ0) is 11.6. The van der Waals surface area contributed by atoms with E-state index < -0.39 is 0 Å². The van der Waals surface area contributed by atoms with E-state index in [4.69, 9.17) is 6.42 Å². The first-order chi connectivity index (χ1) is 7.86. The molecule has 0 fully saturated rings. The molecule has 0 heterocycles. The molecule has 0 N–H and O–H groups in total. The zero-order valence-corrected chi connectivity index (χ0v) is 10.1. The number of hydrogen-bond acceptors (Lipinski definition) is 0. The molecule has 0 atom stereocenters. The van der Waals surface area contributed by atoms with Crippen molar-refractivity contribution in [2.75, 3.05) is 0 Å². The second kappa shape index (κ2) is 7.77. The van der Waals surface area contributed by atoms with Crippen molar-refractivity contribution >= 4 is 6.08 Å². The van der Waals surface area contributed by atoms with Gasteiger partial charge in [-0.25, -0.2) is 0 Å². The number of hydrogen-bond donors (Lipinski definition) is 0. The lowest BCUT2D eigenvalue weighted by Gasteiger charge is -1.96. The van der Waals surface area contributed by atoms with Gasteiger partial charge in [0, 0.05) is 5.56 Å². The molecule has 0 heteroatoms. The summed E-state index contributed by atoms with van der Waals surface area (Å²) in [6.07, 6.45) is 16.2. The first-order valence-electron chi connectivity index (χ1n) is 6.10. The first kappa shape index (κ1) is 12.6. The summed E-state index contributed by atoms with van der Waals surface area (Å²) in [7, 11) is 0. The van der Waals surface area contributed by atoms with Gasteiger partial charge in [0.1, 0.15) is 0 Å². The Morgan fingerprint density at radius 2 is 1.88 bits per heavy atom. The van der Waals surface area contributed by atoms with Gasteiger partial charge in [-0.1, -0.05) is 56.4 Å². The SMILES string of the molecule is C#Cc1ccc(C=CCCCCCC)cc1.